The Morgan fingerprint density at radius 1 is 1.85 bits per heavy atom. The molecular formula is C8H13N3O2. The zero-order valence-electron chi connectivity index (χ0n) is 7.47. The van der Waals surface area contributed by atoms with Crippen molar-refractivity contribution in [1.29, 1.82) is 0 Å². The Morgan fingerprint density at radius 2 is 2.54 bits per heavy atom. The van der Waals surface area contributed by atoms with Gasteiger partial charge in [0, 0.05) is 12.7 Å². The SMILES string of the molecule is CCn1cncc1[C@@H](N)CC(=O)O. The predicted molar refractivity (Wildman–Crippen MR) is 47.1 cm³/mol. The van der Waals surface area contributed by atoms with Crippen LogP contribution in [0, 0.1) is 0 Å². The summed E-state index contributed by atoms with van der Waals surface area (Å²) in [5.41, 5.74) is 6.44. The van der Waals surface area contributed by atoms with Crippen LogP contribution in [0.3, 0.4) is 0 Å². The Morgan fingerprint density at radius 3 is 3.08 bits per heavy atom. The summed E-state index contributed by atoms with van der Waals surface area (Å²) in [5.74, 6) is -0.892. The van der Waals surface area contributed by atoms with Crippen LogP contribution in [0.5, 0.6) is 0 Å². The molecule has 13 heavy (non-hydrogen) atoms. The lowest BCUT2D eigenvalue weighted by atomic mass is 10.1. The van der Waals surface area contributed by atoms with E-state index in [2.05, 4.69) is 4.98 Å². The van der Waals surface area contributed by atoms with Crippen LogP contribution >= 0.6 is 0 Å². The second-order valence-electron chi connectivity index (χ2n) is 2.81. The smallest absolute Gasteiger partial charge is 0.305 e. The molecule has 1 aromatic heterocycles. The standard InChI is InChI=1S/C8H13N3O2/c1-2-11-5-10-4-7(11)6(9)3-8(12)13/h4-6H,2-3,9H2,1H3,(H,12,13)/t6-/m0/s1. The van der Waals surface area contributed by atoms with Crippen LogP contribution in [0.2, 0.25) is 0 Å². The van der Waals surface area contributed by atoms with Crippen molar-refractivity contribution >= 4 is 5.97 Å². The fraction of sp³-hybridized carbons (Fsp3) is 0.500. The highest BCUT2D eigenvalue weighted by Crippen LogP contribution is 2.12. The summed E-state index contributed by atoms with van der Waals surface area (Å²) in [7, 11) is 0. The van der Waals surface area contributed by atoms with E-state index in [1.54, 1.807) is 12.5 Å². The second-order valence-corrected chi connectivity index (χ2v) is 2.81. The molecule has 1 atom stereocenters. The zero-order chi connectivity index (χ0) is 9.84. The third-order valence-electron chi connectivity index (χ3n) is 1.86. The highest BCUT2D eigenvalue weighted by molar-refractivity contribution is 5.67. The zero-order valence-corrected chi connectivity index (χ0v) is 7.47. The number of carbonyl (C=O) groups is 1. The largest absolute Gasteiger partial charge is 0.481 e. The summed E-state index contributed by atoms with van der Waals surface area (Å²) in [4.78, 5) is 14.3. The van der Waals surface area contributed by atoms with E-state index in [4.69, 9.17) is 10.8 Å². The average molecular weight is 183 g/mol. The number of nitrogens with two attached hydrogens (primary N) is 1. The molecule has 0 aliphatic heterocycles. The van der Waals surface area contributed by atoms with E-state index in [0.717, 1.165) is 12.2 Å². The lowest BCUT2D eigenvalue weighted by molar-refractivity contribution is -0.137. The first-order valence-corrected chi connectivity index (χ1v) is 4.12. The van der Waals surface area contributed by atoms with E-state index >= 15 is 0 Å². The van der Waals surface area contributed by atoms with Crippen LogP contribution in [0.25, 0.3) is 0 Å². The molecule has 0 saturated heterocycles. The van der Waals surface area contributed by atoms with Crippen molar-refractivity contribution in [3.05, 3.63) is 18.2 Å². The van der Waals surface area contributed by atoms with E-state index < -0.39 is 12.0 Å². The molecular weight excluding hydrogens is 170 g/mol. The van der Waals surface area contributed by atoms with Gasteiger partial charge in [-0.1, -0.05) is 0 Å². The van der Waals surface area contributed by atoms with Crippen LogP contribution in [0.4, 0.5) is 0 Å². The number of aromatic nitrogens is 2. The molecule has 72 valence electrons. The lowest BCUT2D eigenvalue weighted by Gasteiger charge is -2.10. The summed E-state index contributed by atoms with van der Waals surface area (Å²) < 4.78 is 1.84. The minimum absolute atomic E-state index is 0.0638. The van der Waals surface area contributed by atoms with Gasteiger partial charge in [0.25, 0.3) is 0 Å². The van der Waals surface area contributed by atoms with Gasteiger partial charge < -0.3 is 15.4 Å². The third kappa shape index (κ3) is 2.29. The molecule has 0 fully saturated rings. The van der Waals surface area contributed by atoms with E-state index in [0.29, 0.717) is 0 Å². The van der Waals surface area contributed by atoms with Crippen LogP contribution < -0.4 is 5.73 Å². The van der Waals surface area contributed by atoms with Gasteiger partial charge in [0.05, 0.1) is 24.5 Å². The van der Waals surface area contributed by atoms with Gasteiger partial charge >= 0.3 is 5.97 Å². The van der Waals surface area contributed by atoms with E-state index in [9.17, 15) is 4.79 Å². The molecule has 0 spiro atoms. The number of aryl methyl sites for hydroxylation is 1. The van der Waals surface area contributed by atoms with Gasteiger partial charge in [-0.25, -0.2) is 4.98 Å². The molecule has 0 saturated carbocycles. The maximum Gasteiger partial charge on any atom is 0.305 e. The Bertz CT molecular complexity index is 295. The Balaban J connectivity index is 2.75. The number of carboxylic acids is 1. The fourth-order valence-electron chi connectivity index (χ4n) is 1.20. The molecule has 0 aliphatic carbocycles. The molecule has 0 unspecified atom stereocenters. The molecule has 3 N–H and O–H groups in total. The lowest BCUT2D eigenvalue weighted by Crippen LogP contribution is -2.18. The van der Waals surface area contributed by atoms with Gasteiger partial charge in [-0.05, 0) is 6.92 Å². The van der Waals surface area contributed by atoms with Gasteiger partial charge in [-0.3, -0.25) is 4.79 Å². The molecule has 0 amide bonds. The topological polar surface area (TPSA) is 81.1 Å². The van der Waals surface area contributed by atoms with Crippen molar-refractivity contribution in [2.24, 2.45) is 5.73 Å². The summed E-state index contributed by atoms with van der Waals surface area (Å²) in [6.45, 7) is 2.71. The second kappa shape index (κ2) is 4.04. The van der Waals surface area contributed by atoms with Gasteiger partial charge in [0.1, 0.15) is 0 Å². The molecule has 5 nitrogen and oxygen atoms in total. The monoisotopic (exact) mass is 183 g/mol. The number of imidazole rings is 1. The first kappa shape index (κ1) is 9.73. The van der Waals surface area contributed by atoms with Crippen LogP contribution in [-0.4, -0.2) is 20.6 Å². The minimum atomic E-state index is -0.892. The fourth-order valence-corrected chi connectivity index (χ4v) is 1.20. The van der Waals surface area contributed by atoms with Gasteiger partial charge in [0.15, 0.2) is 0 Å². The third-order valence-corrected chi connectivity index (χ3v) is 1.86. The summed E-state index contributed by atoms with van der Waals surface area (Å²) in [6, 6.07) is -0.472. The predicted octanol–water partition coefficient (Wildman–Crippen LogP) is 0.378. The Hall–Kier alpha value is -1.36. The Kier molecular flexibility index (Phi) is 3.02. The van der Waals surface area contributed by atoms with Crippen molar-refractivity contribution < 1.29 is 9.90 Å². The maximum atomic E-state index is 10.4. The van der Waals surface area contributed by atoms with E-state index in [-0.39, 0.29) is 6.42 Å². The number of aliphatic carboxylic acids is 1. The number of hydrogen-bond donors (Lipinski definition) is 2. The first-order valence-electron chi connectivity index (χ1n) is 4.12. The normalized spacial score (nSPS) is 12.8. The molecule has 1 rings (SSSR count). The van der Waals surface area contributed by atoms with E-state index in [1.165, 1.54) is 0 Å². The first-order chi connectivity index (χ1) is 6.15. The number of carboxylic acid groups (broad SMARTS) is 1. The van der Waals surface area contributed by atoms with E-state index in [1.807, 2.05) is 11.5 Å². The molecule has 1 aromatic rings. The highest BCUT2D eigenvalue weighted by Gasteiger charge is 2.13. The van der Waals surface area contributed by atoms with Crippen LogP contribution in [0.15, 0.2) is 12.5 Å². The number of nitrogens with zero attached hydrogens (tertiary/aromatic N) is 2. The van der Waals surface area contributed by atoms with Crippen molar-refractivity contribution in [1.82, 2.24) is 9.55 Å². The van der Waals surface area contributed by atoms with Crippen LogP contribution in [-0.2, 0) is 11.3 Å². The Labute approximate surface area is 76.2 Å². The van der Waals surface area contributed by atoms with Crippen LogP contribution in [0.1, 0.15) is 25.1 Å². The van der Waals surface area contributed by atoms with Crippen molar-refractivity contribution in [2.45, 2.75) is 25.9 Å². The molecule has 0 aromatic carbocycles. The summed E-state index contributed by atoms with van der Waals surface area (Å²) in [5, 5.41) is 8.54. The van der Waals surface area contributed by atoms with Gasteiger partial charge in [-0.2, -0.15) is 0 Å². The maximum absolute atomic E-state index is 10.4. The van der Waals surface area contributed by atoms with Gasteiger partial charge in [0.2, 0.25) is 0 Å². The molecule has 0 bridgehead atoms. The average Bonchev–Trinajstić information content (AvgIpc) is 2.49. The molecule has 0 radical (unpaired) electrons. The number of hydrogen-bond acceptors (Lipinski definition) is 3. The highest BCUT2D eigenvalue weighted by atomic mass is 16.4. The quantitative estimate of drug-likeness (QED) is 0.707. The molecule has 5 heteroatoms. The van der Waals surface area contributed by atoms with Gasteiger partial charge in [-0.15, -0.1) is 0 Å². The molecule has 1 heterocycles. The summed E-state index contributed by atoms with van der Waals surface area (Å²) in [6.07, 6.45) is 3.19. The minimum Gasteiger partial charge on any atom is -0.481 e. The van der Waals surface area contributed by atoms with Crippen molar-refractivity contribution in [3.63, 3.8) is 0 Å². The number of rotatable bonds is 4. The summed E-state index contributed by atoms with van der Waals surface area (Å²) >= 11 is 0. The van der Waals surface area contributed by atoms with Crippen molar-refractivity contribution in [3.8, 4) is 0 Å². The van der Waals surface area contributed by atoms with Crippen molar-refractivity contribution in [2.75, 3.05) is 0 Å². The molecule has 0 aliphatic rings.